The van der Waals surface area contributed by atoms with Crippen LogP contribution >= 0.6 is 0 Å². The van der Waals surface area contributed by atoms with E-state index in [1.54, 1.807) is 0 Å². The van der Waals surface area contributed by atoms with Gasteiger partial charge in [0.15, 0.2) is 5.78 Å². The van der Waals surface area contributed by atoms with Gasteiger partial charge in [-0.15, -0.1) is 0 Å². The zero-order valence-electron chi connectivity index (χ0n) is 6.58. The van der Waals surface area contributed by atoms with Crippen molar-refractivity contribution in [3.63, 3.8) is 0 Å². The number of ketones is 1. The highest BCUT2D eigenvalue weighted by molar-refractivity contribution is 5.79. The molecule has 0 aliphatic carbocycles. The van der Waals surface area contributed by atoms with Crippen LogP contribution in [0, 0.1) is 0 Å². The molecule has 0 bridgehead atoms. The fourth-order valence-electron chi connectivity index (χ4n) is 1.29. The van der Waals surface area contributed by atoms with E-state index in [2.05, 4.69) is 0 Å². The third-order valence-corrected chi connectivity index (χ3v) is 1.91. The summed E-state index contributed by atoms with van der Waals surface area (Å²) in [6, 6.07) is 0. The summed E-state index contributed by atoms with van der Waals surface area (Å²) >= 11 is 0. The first-order valence-corrected chi connectivity index (χ1v) is 4.07. The van der Waals surface area contributed by atoms with Crippen molar-refractivity contribution in [1.82, 2.24) is 0 Å². The molecule has 0 amide bonds. The largest absolute Gasteiger partial charge is 0.389 e. The Labute approximate surface area is 66.4 Å². The summed E-state index contributed by atoms with van der Waals surface area (Å²) < 4.78 is 5.32. The van der Waals surface area contributed by atoms with Gasteiger partial charge in [-0.05, 0) is 19.3 Å². The van der Waals surface area contributed by atoms with E-state index in [1.165, 1.54) is 0 Å². The Kier molecular flexibility index (Phi) is 3.52. The van der Waals surface area contributed by atoms with Gasteiger partial charge in [-0.3, -0.25) is 4.79 Å². The molecule has 1 aliphatic rings. The van der Waals surface area contributed by atoms with Crippen LogP contribution < -0.4 is 0 Å². The molecule has 3 heteroatoms. The third-order valence-electron chi connectivity index (χ3n) is 1.91. The predicted molar refractivity (Wildman–Crippen MR) is 40.3 cm³/mol. The monoisotopic (exact) mass is 158 g/mol. The molecule has 1 saturated heterocycles. The minimum Gasteiger partial charge on any atom is -0.389 e. The number of carbonyl (C=O) groups is 1. The van der Waals surface area contributed by atoms with Gasteiger partial charge in [0, 0.05) is 13.0 Å². The average molecular weight is 158 g/mol. The number of hydrogen-bond acceptors (Lipinski definition) is 3. The van der Waals surface area contributed by atoms with E-state index in [9.17, 15) is 4.79 Å². The number of carbonyl (C=O) groups excluding carboxylic acids is 1. The fourth-order valence-corrected chi connectivity index (χ4v) is 1.29. The van der Waals surface area contributed by atoms with Crippen LogP contribution in [0.5, 0.6) is 0 Å². The minimum absolute atomic E-state index is 0.0726. The lowest BCUT2D eigenvalue weighted by molar-refractivity contribution is -0.125. The molecule has 0 saturated carbocycles. The van der Waals surface area contributed by atoms with Crippen molar-refractivity contribution in [3.8, 4) is 0 Å². The number of aliphatic hydroxyl groups is 1. The van der Waals surface area contributed by atoms with E-state index in [1.807, 2.05) is 0 Å². The van der Waals surface area contributed by atoms with E-state index in [-0.39, 0.29) is 18.5 Å². The van der Waals surface area contributed by atoms with Crippen molar-refractivity contribution in [2.45, 2.75) is 31.8 Å². The lowest BCUT2D eigenvalue weighted by Gasteiger charge is -2.21. The van der Waals surface area contributed by atoms with Crippen LogP contribution in [0.1, 0.15) is 25.7 Å². The molecule has 11 heavy (non-hydrogen) atoms. The van der Waals surface area contributed by atoms with E-state index >= 15 is 0 Å². The molecule has 1 rings (SSSR count). The SMILES string of the molecule is O=C(CO)C[C@@H]1CCCCO1. The summed E-state index contributed by atoms with van der Waals surface area (Å²) in [6.45, 7) is 0.420. The second-order valence-corrected chi connectivity index (χ2v) is 2.89. The summed E-state index contributed by atoms with van der Waals surface area (Å²) in [5.74, 6) is -0.114. The first-order chi connectivity index (χ1) is 5.33. The van der Waals surface area contributed by atoms with Gasteiger partial charge in [0.2, 0.25) is 0 Å². The van der Waals surface area contributed by atoms with E-state index in [0.717, 1.165) is 25.9 Å². The Balaban J connectivity index is 2.19. The maximum absolute atomic E-state index is 10.8. The molecule has 3 nitrogen and oxygen atoms in total. The summed E-state index contributed by atoms with van der Waals surface area (Å²) in [6.07, 6.45) is 3.67. The molecule has 1 atom stereocenters. The van der Waals surface area contributed by atoms with Gasteiger partial charge >= 0.3 is 0 Å². The standard InChI is InChI=1S/C8H14O3/c9-6-7(10)5-8-3-1-2-4-11-8/h8-9H,1-6H2/t8-/m0/s1. The molecule has 0 aromatic rings. The molecule has 0 radical (unpaired) electrons. The maximum atomic E-state index is 10.8. The molecule has 0 aromatic heterocycles. The highest BCUT2D eigenvalue weighted by Gasteiger charge is 2.16. The van der Waals surface area contributed by atoms with Crippen LogP contribution in [-0.2, 0) is 9.53 Å². The van der Waals surface area contributed by atoms with Crippen molar-refractivity contribution < 1.29 is 14.6 Å². The molecule has 1 aliphatic heterocycles. The molecule has 64 valence electrons. The van der Waals surface area contributed by atoms with Crippen LogP contribution in [0.4, 0.5) is 0 Å². The molecular formula is C8H14O3. The Morgan fingerprint density at radius 3 is 2.91 bits per heavy atom. The predicted octanol–water partition coefficient (Wildman–Crippen LogP) is 0.507. The number of aliphatic hydroxyl groups excluding tert-OH is 1. The second kappa shape index (κ2) is 4.46. The van der Waals surface area contributed by atoms with Crippen LogP contribution in [0.2, 0.25) is 0 Å². The lowest BCUT2D eigenvalue weighted by Crippen LogP contribution is -2.23. The summed E-state index contributed by atoms with van der Waals surface area (Å²) in [7, 11) is 0. The Bertz CT molecular complexity index is 127. The maximum Gasteiger partial charge on any atom is 0.160 e. The van der Waals surface area contributed by atoms with Crippen molar-refractivity contribution in [2.75, 3.05) is 13.2 Å². The second-order valence-electron chi connectivity index (χ2n) is 2.89. The number of Topliss-reactive ketones (excluding diaryl/α,β-unsaturated/α-hetero) is 1. The zero-order valence-corrected chi connectivity index (χ0v) is 6.58. The summed E-state index contributed by atoms with van der Waals surface area (Å²) in [5.41, 5.74) is 0. The molecule has 0 unspecified atom stereocenters. The topological polar surface area (TPSA) is 46.5 Å². The Hall–Kier alpha value is -0.410. The molecular weight excluding hydrogens is 144 g/mol. The number of hydrogen-bond donors (Lipinski definition) is 1. The summed E-state index contributed by atoms with van der Waals surface area (Å²) in [4.78, 5) is 10.8. The molecule has 1 fully saturated rings. The third kappa shape index (κ3) is 2.99. The molecule has 1 heterocycles. The van der Waals surface area contributed by atoms with Crippen molar-refractivity contribution in [2.24, 2.45) is 0 Å². The molecule has 0 spiro atoms. The first kappa shape index (κ1) is 8.68. The fraction of sp³-hybridized carbons (Fsp3) is 0.875. The minimum atomic E-state index is -0.347. The van der Waals surface area contributed by atoms with Crippen LogP contribution in [0.15, 0.2) is 0 Å². The Morgan fingerprint density at radius 1 is 1.55 bits per heavy atom. The van der Waals surface area contributed by atoms with Crippen molar-refractivity contribution in [3.05, 3.63) is 0 Å². The van der Waals surface area contributed by atoms with Gasteiger partial charge < -0.3 is 9.84 Å². The van der Waals surface area contributed by atoms with E-state index in [0.29, 0.717) is 6.42 Å². The van der Waals surface area contributed by atoms with Gasteiger partial charge in [-0.1, -0.05) is 0 Å². The highest BCUT2D eigenvalue weighted by atomic mass is 16.5. The van der Waals surface area contributed by atoms with Crippen LogP contribution in [0.3, 0.4) is 0 Å². The van der Waals surface area contributed by atoms with Gasteiger partial charge in [-0.2, -0.15) is 0 Å². The van der Waals surface area contributed by atoms with Crippen LogP contribution in [-0.4, -0.2) is 30.2 Å². The van der Waals surface area contributed by atoms with Gasteiger partial charge in [0.1, 0.15) is 6.61 Å². The first-order valence-electron chi connectivity index (χ1n) is 4.07. The highest BCUT2D eigenvalue weighted by Crippen LogP contribution is 2.15. The lowest BCUT2D eigenvalue weighted by atomic mass is 10.0. The van der Waals surface area contributed by atoms with E-state index in [4.69, 9.17) is 9.84 Å². The smallest absolute Gasteiger partial charge is 0.160 e. The molecule has 0 aromatic carbocycles. The van der Waals surface area contributed by atoms with E-state index < -0.39 is 0 Å². The van der Waals surface area contributed by atoms with Crippen molar-refractivity contribution >= 4 is 5.78 Å². The summed E-state index contributed by atoms with van der Waals surface area (Å²) in [5, 5.41) is 8.46. The molecule has 1 N–H and O–H groups in total. The quantitative estimate of drug-likeness (QED) is 0.650. The Morgan fingerprint density at radius 2 is 2.36 bits per heavy atom. The average Bonchev–Trinajstić information content (AvgIpc) is 2.06. The number of ether oxygens (including phenoxy) is 1. The van der Waals surface area contributed by atoms with Gasteiger partial charge in [0.25, 0.3) is 0 Å². The normalized spacial score (nSPS) is 25.0. The van der Waals surface area contributed by atoms with Gasteiger partial charge in [-0.25, -0.2) is 0 Å². The zero-order chi connectivity index (χ0) is 8.10. The van der Waals surface area contributed by atoms with Crippen molar-refractivity contribution in [1.29, 1.82) is 0 Å². The van der Waals surface area contributed by atoms with Gasteiger partial charge in [0.05, 0.1) is 6.10 Å². The number of rotatable bonds is 3. The van der Waals surface area contributed by atoms with Crippen LogP contribution in [0.25, 0.3) is 0 Å².